The molecule has 0 spiro atoms. The molecule has 0 saturated carbocycles. The fourth-order valence-corrected chi connectivity index (χ4v) is 4.57. The van der Waals surface area contributed by atoms with Crippen LogP contribution in [0.25, 0.3) is 10.9 Å². The van der Waals surface area contributed by atoms with Gasteiger partial charge in [0.15, 0.2) is 0 Å². The Morgan fingerprint density at radius 1 is 1.03 bits per heavy atom. The number of aromatic amines is 1. The van der Waals surface area contributed by atoms with Crippen LogP contribution in [0.1, 0.15) is 13.8 Å². The van der Waals surface area contributed by atoms with Gasteiger partial charge >= 0.3 is 5.69 Å². The highest BCUT2D eigenvalue weighted by molar-refractivity contribution is 7.89. The first kappa shape index (κ1) is 21.5. The minimum atomic E-state index is -3.60. The molecule has 1 amide bonds. The second-order valence-corrected chi connectivity index (χ2v) is 8.47. The molecule has 0 aliphatic heterocycles. The van der Waals surface area contributed by atoms with E-state index in [1.165, 1.54) is 28.6 Å². The van der Waals surface area contributed by atoms with E-state index in [2.05, 4.69) is 10.3 Å². The van der Waals surface area contributed by atoms with Crippen LogP contribution in [0, 0.1) is 0 Å². The third-order valence-electron chi connectivity index (χ3n) is 4.67. The van der Waals surface area contributed by atoms with Crippen LogP contribution in [0.4, 0.5) is 5.69 Å². The maximum absolute atomic E-state index is 12.5. The molecule has 2 N–H and O–H groups in total. The summed E-state index contributed by atoms with van der Waals surface area (Å²) in [4.78, 5) is 39.7. The Morgan fingerprint density at radius 2 is 1.67 bits per heavy atom. The van der Waals surface area contributed by atoms with E-state index in [4.69, 9.17) is 0 Å². The largest absolute Gasteiger partial charge is 0.329 e. The predicted molar refractivity (Wildman–Crippen MR) is 114 cm³/mol. The summed E-state index contributed by atoms with van der Waals surface area (Å²) < 4.78 is 27.2. The van der Waals surface area contributed by atoms with E-state index >= 15 is 0 Å². The average molecular weight is 430 g/mol. The van der Waals surface area contributed by atoms with E-state index < -0.39 is 33.7 Å². The molecule has 158 valence electrons. The first-order valence-electron chi connectivity index (χ1n) is 9.39. The molecular weight excluding hydrogens is 408 g/mol. The lowest BCUT2D eigenvalue weighted by molar-refractivity contribution is -0.116. The average Bonchev–Trinajstić information content (AvgIpc) is 2.72. The van der Waals surface area contributed by atoms with Gasteiger partial charge in [-0.2, -0.15) is 4.31 Å². The molecule has 10 heteroatoms. The Bertz CT molecular complexity index is 1290. The molecule has 0 fully saturated rings. The van der Waals surface area contributed by atoms with Crippen molar-refractivity contribution in [3.63, 3.8) is 0 Å². The summed E-state index contributed by atoms with van der Waals surface area (Å²) >= 11 is 0. The number of rotatable bonds is 7. The maximum Gasteiger partial charge on any atom is 0.329 e. The van der Waals surface area contributed by atoms with Gasteiger partial charge < -0.3 is 10.3 Å². The zero-order valence-corrected chi connectivity index (χ0v) is 17.4. The molecule has 2 aromatic carbocycles. The Balaban J connectivity index is 1.79. The lowest BCUT2D eigenvalue weighted by Crippen LogP contribution is -2.38. The van der Waals surface area contributed by atoms with Gasteiger partial charge in [-0.05, 0) is 36.4 Å². The van der Waals surface area contributed by atoms with Crippen LogP contribution < -0.4 is 16.6 Å². The summed E-state index contributed by atoms with van der Waals surface area (Å²) in [7, 11) is -3.60. The first-order chi connectivity index (χ1) is 14.3. The molecule has 0 unspecified atom stereocenters. The number of anilines is 1. The summed E-state index contributed by atoms with van der Waals surface area (Å²) in [5.74, 6) is -0.586. The van der Waals surface area contributed by atoms with Crippen molar-refractivity contribution >= 4 is 32.5 Å². The summed E-state index contributed by atoms with van der Waals surface area (Å²) in [5, 5.41) is 2.87. The van der Waals surface area contributed by atoms with Gasteiger partial charge in [-0.1, -0.05) is 26.0 Å². The van der Waals surface area contributed by atoms with Crippen LogP contribution in [-0.2, 0) is 21.4 Å². The Morgan fingerprint density at radius 3 is 2.30 bits per heavy atom. The van der Waals surface area contributed by atoms with Crippen LogP contribution >= 0.6 is 0 Å². The monoisotopic (exact) mass is 430 g/mol. The van der Waals surface area contributed by atoms with Gasteiger partial charge in [-0.25, -0.2) is 13.2 Å². The standard InChI is InChI=1S/C20H22N4O5S/c1-3-23(4-2)30(28,29)15-11-9-14(10-12-15)21-18(25)13-24-19(26)16-7-5-6-8-17(16)22-20(24)27/h5-12H,3-4,13H2,1-2H3,(H,21,25)(H,22,27). The van der Waals surface area contributed by atoms with Crippen molar-refractivity contribution in [3.8, 4) is 0 Å². The molecular formula is C20H22N4O5S. The molecule has 0 bridgehead atoms. The lowest BCUT2D eigenvalue weighted by atomic mass is 10.2. The Kier molecular flexibility index (Phi) is 6.18. The zero-order valence-electron chi connectivity index (χ0n) is 16.6. The summed E-state index contributed by atoms with van der Waals surface area (Å²) in [5.41, 5.74) is -0.502. The summed E-state index contributed by atoms with van der Waals surface area (Å²) in [6, 6.07) is 12.3. The van der Waals surface area contributed by atoms with Crippen molar-refractivity contribution in [3.05, 3.63) is 69.4 Å². The summed E-state index contributed by atoms with van der Waals surface area (Å²) in [6.45, 7) is 3.75. The SMILES string of the molecule is CCN(CC)S(=O)(=O)c1ccc(NC(=O)Cn2c(=O)[nH]c3ccccc3c2=O)cc1. The number of amides is 1. The minimum absolute atomic E-state index is 0.117. The number of para-hydroxylation sites is 1. The predicted octanol–water partition coefficient (Wildman–Crippen LogP) is 1.36. The summed E-state index contributed by atoms with van der Waals surface area (Å²) in [6.07, 6.45) is 0. The number of hydrogen-bond acceptors (Lipinski definition) is 5. The second-order valence-electron chi connectivity index (χ2n) is 6.53. The number of carbonyl (C=O) groups excluding carboxylic acids is 1. The van der Waals surface area contributed by atoms with Crippen molar-refractivity contribution in [2.75, 3.05) is 18.4 Å². The van der Waals surface area contributed by atoms with Crippen molar-refractivity contribution in [2.24, 2.45) is 0 Å². The van der Waals surface area contributed by atoms with E-state index in [0.717, 1.165) is 4.57 Å². The topological polar surface area (TPSA) is 121 Å². The van der Waals surface area contributed by atoms with E-state index in [-0.39, 0.29) is 4.90 Å². The molecule has 1 aromatic heterocycles. The molecule has 3 aromatic rings. The van der Waals surface area contributed by atoms with Gasteiger partial charge in [0, 0.05) is 18.8 Å². The number of carbonyl (C=O) groups is 1. The van der Waals surface area contributed by atoms with Crippen molar-refractivity contribution in [1.29, 1.82) is 0 Å². The molecule has 1 heterocycles. The van der Waals surface area contributed by atoms with Crippen LogP contribution in [0.15, 0.2) is 63.0 Å². The molecule has 0 radical (unpaired) electrons. The van der Waals surface area contributed by atoms with Gasteiger partial charge in [0.25, 0.3) is 5.56 Å². The quantitative estimate of drug-likeness (QED) is 0.586. The van der Waals surface area contributed by atoms with Gasteiger partial charge in [0.2, 0.25) is 15.9 Å². The Hall–Kier alpha value is -3.24. The maximum atomic E-state index is 12.5. The number of sulfonamides is 1. The van der Waals surface area contributed by atoms with Gasteiger partial charge in [0.05, 0.1) is 15.8 Å². The third-order valence-corrected chi connectivity index (χ3v) is 6.74. The van der Waals surface area contributed by atoms with E-state index in [1.54, 1.807) is 38.1 Å². The zero-order chi connectivity index (χ0) is 21.9. The number of nitrogens with one attached hydrogen (secondary N) is 2. The van der Waals surface area contributed by atoms with Crippen LogP contribution in [0.2, 0.25) is 0 Å². The Labute approximate surface area is 173 Å². The number of aromatic nitrogens is 2. The number of hydrogen-bond donors (Lipinski definition) is 2. The highest BCUT2D eigenvalue weighted by Crippen LogP contribution is 2.18. The second kappa shape index (κ2) is 8.64. The fourth-order valence-electron chi connectivity index (χ4n) is 3.11. The van der Waals surface area contributed by atoms with Gasteiger partial charge in [0.1, 0.15) is 6.54 Å². The molecule has 0 aliphatic carbocycles. The van der Waals surface area contributed by atoms with Crippen LogP contribution in [0.5, 0.6) is 0 Å². The number of H-pyrrole nitrogens is 1. The highest BCUT2D eigenvalue weighted by atomic mass is 32.2. The normalized spacial score (nSPS) is 11.7. The smallest absolute Gasteiger partial charge is 0.325 e. The minimum Gasteiger partial charge on any atom is -0.325 e. The molecule has 9 nitrogen and oxygen atoms in total. The first-order valence-corrected chi connectivity index (χ1v) is 10.8. The fraction of sp³-hybridized carbons (Fsp3) is 0.250. The van der Waals surface area contributed by atoms with Crippen molar-refractivity contribution in [1.82, 2.24) is 13.9 Å². The third kappa shape index (κ3) is 4.19. The highest BCUT2D eigenvalue weighted by Gasteiger charge is 2.21. The van der Waals surface area contributed by atoms with Gasteiger partial charge in [-0.3, -0.25) is 14.2 Å². The van der Waals surface area contributed by atoms with E-state index in [0.29, 0.717) is 29.7 Å². The van der Waals surface area contributed by atoms with Crippen molar-refractivity contribution in [2.45, 2.75) is 25.3 Å². The van der Waals surface area contributed by atoms with Crippen LogP contribution in [0.3, 0.4) is 0 Å². The number of fused-ring (bicyclic) bond motifs is 1. The molecule has 0 saturated heterocycles. The number of benzene rings is 2. The van der Waals surface area contributed by atoms with E-state index in [9.17, 15) is 22.8 Å². The number of nitrogens with zero attached hydrogens (tertiary/aromatic N) is 2. The molecule has 3 rings (SSSR count). The lowest BCUT2D eigenvalue weighted by Gasteiger charge is -2.18. The molecule has 0 atom stereocenters. The molecule has 30 heavy (non-hydrogen) atoms. The van der Waals surface area contributed by atoms with Crippen LogP contribution in [-0.4, -0.2) is 41.3 Å². The van der Waals surface area contributed by atoms with E-state index in [1.807, 2.05) is 0 Å². The molecule has 0 aliphatic rings. The van der Waals surface area contributed by atoms with Crippen molar-refractivity contribution < 1.29 is 13.2 Å². The van der Waals surface area contributed by atoms with Gasteiger partial charge in [-0.15, -0.1) is 0 Å².